The van der Waals surface area contributed by atoms with Gasteiger partial charge in [-0.1, -0.05) is 29.4 Å². The van der Waals surface area contributed by atoms with Crippen LogP contribution in [0.25, 0.3) is 0 Å². The van der Waals surface area contributed by atoms with Gasteiger partial charge in [-0.15, -0.1) is 0 Å². The first kappa shape index (κ1) is 21.1. The fraction of sp³-hybridized carbons (Fsp3) is 0.333. The molecule has 0 saturated carbocycles. The molecule has 0 radical (unpaired) electrons. The summed E-state index contributed by atoms with van der Waals surface area (Å²) in [5.41, 5.74) is -0.875. The molecular weight excluding hydrogens is 379 g/mol. The van der Waals surface area contributed by atoms with Gasteiger partial charge < -0.3 is 14.5 Å². The predicted octanol–water partition coefficient (Wildman–Crippen LogP) is 2.11. The van der Waals surface area contributed by atoms with E-state index in [1.54, 1.807) is 18.2 Å². The number of alkyl halides is 3. The summed E-state index contributed by atoms with van der Waals surface area (Å²) >= 11 is 0. The van der Waals surface area contributed by atoms with E-state index in [1.165, 1.54) is 32.2 Å². The Kier molecular flexibility index (Phi) is 6.55. The summed E-state index contributed by atoms with van der Waals surface area (Å²) in [4.78, 5) is 34.0. The molecule has 2 rings (SSSR count). The van der Waals surface area contributed by atoms with Crippen LogP contribution in [0.4, 0.5) is 13.2 Å². The van der Waals surface area contributed by atoms with Crippen molar-refractivity contribution in [3.63, 3.8) is 0 Å². The Morgan fingerprint density at radius 1 is 1.25 bits per heavy atom. The molecule has 0 amide bonds. The van der Waals surface area contributed by atoms with E-state index < -0.39 is 23.6 Å². The lowest BCUT2D eigenvalue weighted by atomic mass is 9.97. The number of hydrogen-bond donors (Lipinski definition) is 0. The van der Waals surface area contributed by atoms with Crippen molar-refractivity contribution in [2.45, 2.75) is 12.6 Å². The van der Waals surface area contributed by atoms with E-state index in [0.717, 1.165) is 6.20 Å². The number of allylic oxidation sites excluding steroid dienone is 1. The topological polar surface area (TPSA) is 80.6 Å². The van der Waals surface area contributed by atoms with Gasteiger partial charge in [-0.3, -0.25) is 4.79 Å². The van der Waals surface area contributed by atoms with E-state index in [9.17, 15) is 22.8 Å². The maximum absolute atomic E-state index is 13.0. The summed E-state index contributed by atoms with van der Waals surface area (Å²) in [5, 5.41) is 3.64. The molecule has 0 unspecified atom stereocenters. The van der Waals surface area contributed by atoms with Crippen molar-refractivity contribution in [3.05, 3.63) is 47.3 Å². The lowest BCUT2D eigenvalue weighted by molar-refractivity contribution is -0.132. The minimum atomic E-state index is -4.67. The Labute approximate surface area is 159 Å². The molecule has 0 bridgehead atoms. The van der Waals surface area contributed by atoms with Crippen LogP contribution >= 0.6 is 0 Å². The smallest absolute Gasteiger partial charge is 0.434 e. The number of oxime groups is 1. The number of carbonyl (C=O) groups excluding carboxylic acids is 2. The molecule has 0 aliphatic carbocycles. The van der Waals surface area contributed by atoms with E-state index >= 15 is 0 Å². The molecule has 1 aliphatic heterocycles. The number of rotatable bonds is 6. The summed E-state index contributed by atoms with van der Waals surface area (Å²) < 4.78 is 43.6. The van der Waals surface area contributed by atoms with Crippen LogP contribution in [0.5, 0.6) is 0 Å². The number of halogens is 3. The SMILES string of the molecule is CON=C(C(=O)OC)c1ccccc1CC(=O)C1=NC(C(F)(F)F)=CN(C)C1. The summed E-state index contributed by atoms with van der Waals surface area (Å²) in [6, 6.07) is 6.35. The van der Waals surface area contributed by atoms with Crippen LogP contribution in [0, 0.1) is 0 Å². The van der Waals surface area contributed by atoms with Crippen LogP contribution in [-0.4, -0.2) is 62.1 Å². The standard InChI is InChI=1S/C18H18F3N3O4/c1-24-9-13(22-15(10-24)18(19,20)21)14(25)8-11-6-4-5-7-12(11)16(23-28-3)17(26)27-2/h4-7,10H,8-9H2,1-3H3. The molecule has 0 spiro atoms. The van der Waals surface area contributed by atoms with Gasteiger partial charge in [0, 0.05) is 25.2 Å². The van der Waals surface area contributed by atoms with Gasteiger partial charge in [0.1, 0.15) is 12.8 Å². The van der Waals surface area contributed by atoms with Gasteiger partial charge >= 0.3 is 12.1 Å². The molecule has 1 aromatic carbocycles. The molecule has 7 nitrogen and oxygen atoms in total. The molecule has 0 fully saturated rings. The number of nitrogens with zero attached hydrogens (tertiary/aromatic N) is 3. The Balaban J connectivity index is 2.35. The molecule has 0 N–H and O–H groups in total. The van der Waals surface area contributed by atoms with Gasteiger partial charge in [-0.2, -0.15) is 13.2 Å². The first-order valence-corrected chi connectivity index (χ1v) is 8.05. The number of ketones is 1. The molecule has 28 heavy (non-hydrogen) atoms. The number of methoxy groups -OCH3 is 1. The molecule has 0 aromatic heterocycles. The molecule has 150 valence electrons. The van der Waals surface area contributed by atoms with Crippen LogP contribution in [0.3, 0.4) is 0 Å². The Bertz CT molecular complexity index is 860. The fourth-order valence-electron chi connectivity index (χ4n) is 2.55. The molecule has 0 atom stereocenters. The molecule has 1 aliphatic rings. The average Bonchev–Trinajstić information content (AvgIpc) is 2.65. The maximum atomic E-state index is 13.0. The van der Waals surface area contributed by atoms with Crippen molar-refractivity contribution in [3.8, 4) is 0 Å². The Hall–Kier alpha value is -3.17. The third kappa shape index (κ3) is 4.96. The summed E-state index contributed by atoms with van der Waals surface area (Å²) in [7, 11) is 3.83. The predicted molar refractivity (Wildman–Crippen MR) is 94.9 cm³/mol. The second-order valence-corrected chi connectivity index (χ2v) is 5.86. The zero-order chi connectivity index (χ0) is 20.9. The molecule has 10 heteroatoms. The molecule has 1 heterocycles. The highest BCUT2D eigenvalue weighted by Gasteiger charge is 2.37. The highest BCUT2D eigenvalue weighted by atomic mass is 19.4. The van der Waals surface area contributed by atoms with Crippen LogP contribution in [0.15, 0.2) is 46.3 Å². The number of hydrogen-bond acceptors (Lipinski definition) is 7. The van der Waals surface area contributed by atoms with Gasteiger partial charge in [0.05, 0.1) is 13.7 Å². The van der Waals surface area contributed by atoms with E-state index in [2.05, 4.69) is 19.7 Å². The lowest BCUT2D eigenvalue weighted by Gasteiger charge is -2.22. The lowest BCUT2D eigenvalue weighted by Crippen LogP contribution is -2.34. The van der Waals surface area contributed by atoms with Gasteiger partial charge in [0.25, 0.3) is 0 Å². The van der Waals surface area contributed by atoms with E-state index in [4.69, 9.17) is 0 Å². The Morgan fingerprint density at radius 3 is 2.54 bits per heavy atom. The monoisotopic (exact) mass is 397 g/mol. The number of benzene rings is 1. The van der Waals surface area contributed by atoms with Crippen LogP contribution in [-0.2, 0) is 25.6 Å². The largest absolute Gasteiger partial charge is 0.464 e. The van der Waals surface area contributed by atoms with Crippen molar-refractivity contribution < 1.29 is 32.3 Å². The highest BCUT2D eigenvalue weighted by Crippen LogP contribution is 2.28. The van der Waals surface area contributed by atoms with E-state index in [-0.39, 0.29) is 30.0 Å². The Morgan fingerprint density at radius 2 is 1.93 bits per heavy atom. The second kappa shape index (κ2) is 8.68. The fourth-order valence-corrected chi connectivity index (χ4v) is 2.55. The van der Waals surface area contributed by atoms with Crippen LogP contribution < -0.4 is 0 Å². The van der Waals surface area contributed by atoms with Crippen molar-refractivity contribution in [2.24, 2.45) is 10.1 Å². The maximum Gasteiger partial charge on any atom is 0.434 e. The third-order valence-electron chi connectivity index (χ3n) is 3.79. The van der Waals surface area contributed by atoms with E-state index in [0.29, 0.717) is 5.56 Å². The van der Waals surface area contributed by atoms with Crippen LogP contribution in [0.1, 0.15) is 11.1 Å². The molecular formula is C18H18F3N3O4. The van der Waals surface area contributed by atoms with Crippen molar-refractivity contribution in [1.82, 2.24) is 4.90 Å². The molecule has 1 aromatic rings. The normalized spacial score (nSPS) is 14.9. The number of aliphatic imine (C=N–C) groups is 1. The van der Waals surface area contributed by atoms with Gasteiger partial charge in [-0.25, -0.2) is 9.79 Å². The summed E-state index contributed by atoms with van der Waals surface area (Å²) in [6.07, 6.45) is -4.10. The van der Waals surface area contributed by atoms with Crippen molar-refractivity contribution >= 4 is 23.2 Å². The summed E-state index contributed by atoms with van der Waals surface area (Å²) in [5.74, 6) is -1.38. The quantitative estimate of drug-likeness (QED) is 0.417. The number of ether oxygens (including phenoxy) is 1. The zero-order valence-electron chi connectivity index (χ0n) is 15.4. The molecule has 0 saturated heterocycles. The first-order valence-electron chi connectivity index (χ1n) is 8.05. The van der Waals surface area contributed by atoms with Gasteiger partial charge in [-0.05, 0) is 5.56 Å². The number of esters is 1. The second-order valence-electron chi connectivity index (χ2n) is 5.86. The third-order valence-corrected chi connectivity index (χ3v) is 3.79. The van der Waals surface area contributed by atoms with Gasteiger partial charge in [0.15, 0.2) is 17.2 Å². The number of Topliss-reactive ketones (excluding diaryl/α,β-unsaturated/α-hetero) is 1. The van der Waals surface area contributed by atoms with E-state index in [1.807, 2.05) is 0 Å². The van der Waals surface area contributed by atoms with Gasteiger partial charge in [0.2, 0.25) is 0 Å². The van der Waals surface area contributed by atoms with Crippen LogP contribution in [0.2, 0.25) is 0 Å². The summed E-state index contributed by atoms with van der Waals surface area (Å²) in [6.45, 7) is -0.0589. The average molecular weight is 397 g/mol. The first-order chi connectivity index (χ1) is 13.2. The van der Waals surface area contributed by atoms with Crippen molar-refractivity contribution in [1.29, 1.82) is 0 Å². The van der Waals surface area contributed by atoms with Crippen molar-refractivity contribution in [2.75, 3.05) is 27.8 Å². The minimum Gasteiger partial charge on any atom is -0.464 e. The zero-order valence-corrected chi connectivity index (χ0v) is 15.4. The minimum absolute atomic E-state index is 0.0589. The highest BCUT2D eigenvalue weighted by molar-refractivity contribution is 6.44. The number of carbonyl (C=O) groups is 2.